The van der Waals surface area contributed by atoms with E-state index in [0.29, 0.717) is 5.92 Å². The van der Waals surface area contributed by atoms with Gasteiger partial charge in [-0.3, -0.25) is 0 Å². The first-order valence-corrected chi connectivity index (χ1v) is 8.70. The van der Waals surface area contributed by atoms with Crippen LogP contribution in [0.15, 0.2) is 30.5 Å². The lowest BCUT2D eigenvalue weighted by Crippen LogP contribution is -2.28. The molecule has 23 heavy (non-hydrogen) atoms. The standard InChI is InChI=1S/C18H25ClN4/c1-22(2)10-11-23-13-17(15-4-3-5-16(19)12-15)21-18(23)14-6-8-20-9-7-14/h3-5,12-14,20H,6-11H2,1-2H3. The van der Waals surface area contributed by atoms with E-state index < -0.39 is 0 Å². The van der Waals surface area contributed by atoms with Crippen LogP contribution in [0.25, 0.3) is 11.3 Å². The van der Waals surface area contributed by atoms with Crippen molar-refractivity contribution in [3.63, 3.8) is 0 Å². The van der Waals surface area contributed by atoms with E-state index in [4.69, 9.17) is 16.6 Å². The average molecular weight is 333 g/mol. The molecule has 5 heteroatoms. The van der Waals surface area contributed by atoms with Crippen molar-refractivity contribution in [3.05, 3.63) is 41.3 Å². The third kappa shape index (κ3) is 4.14. The monoisotopic (exact) mass is 332 g/mol. The van der Waals surface area contributed by atoms with Crippen molar-refractivity contribution in [1.82, 2.24) is 19.8 Å². The minimum atomic E-state index is 0.548. The van der Waals surface area contributed by atoms with Crippen LogP contribution in [0.3, 0.4) is 0 Å². The van der Waals surface area contributed by atoms with E-state index >= 15 is 0 Å². The first-order valence-electron chi connectivity index (χ1n) is 8.32. The second-order valence-electron chi connectivity index (χ2n) is 6.52. The van der Waals surface area contributed by atoms with Crippen LogP contribution < -0.4 is 5.32 Å². The number of aromatic nitrogens is 2. The van der Waals surface area contributed by atoms with Gasteiger partial charge in [-0.2, -0.15) is 0 Å². The first kappa shape index (κ1) is 16.5. The third-order valence-corrected chi connectivity index (χ3v) is 4.66. The molecule has 2 aromatic rings. The van der Waals surface area contributed by atoms with Gasteiger partial charge in [-0.15, -0.1) is 0 Å². The zero-order valence-electron chi connectivity index (χ0n) is 13.9. The highest BCUT2D eigenvalue weighted by Gasteiger charge is 2.21. The largest absolute Gasteiger partial charge is 0.333 e. The van der Waals surface area contributed by atoms with Gasteiger partial charge in [0.2, 0.25) is 0 Å². The fraction of sp³-hybridized carbons (Fsp3) is 0.500. The predicted molar refractivity (Wildman–Crippen MR) is 96.1 cm³/mol. The maximum Gasteiger partial charge on any atom is 0.112 e. The van der Waals surface area contributed by atoms with Crippen LogP contribution in [-0.4, -0.2) is 48.2 Å². The van der Waals surface area contributed by atoms with Gasteiger partial charge in [0, 0.05) is 35.8 Å². The average Bonchev–Trinajstić information content (AvgIpc) is 2.98. The van der Waals surface area contributed by atoms with Gasteiger partial charge in [0.05, 0.1) is 5.69 Å². The Kier molecular flexibility index (Phi) is 5.36. The normalized spacial score (nSPS) is 16.2. The minimum absolute atomic E-state index is 0.548. The Bertz CT molecular complexity index is 644. The Labute approximate surface area is 143 Å². The molecule has 1 saturated heterocycles. The number of benzene rings is 1. The Morgan fingerprint density at radius 2 is 2.09 bits per heavy atom. The van der Waals surface area contributed by atoms with E-state index in [-0.39, 0.29) is 0 Å². The summed E-state index contributed by atoms with van der Waals surface area (Å²) in [5.41, 5.74) is 2.12. The molecule has 0 atom stereocenters. The number of nitrogens with zero attached hydrogens (tertiary/aromatic N) is 3. The van der Waals surface area contributed by atoms with Crippen LogP contribution in [0.1, 0.15) is 24.6 Å². The number of rotatable bonds is 5. The molecule has 0 aliphatic carbocycles. The summed E-state index contributed by atoms with van der Waals surface area (Å²) >= 11 is 6.14. The highest BCUT2D eigenvalue weighted by molar-refractivity contribution is 6.30. The highest BCUT2D eigenvalue weighted by Crippen LogP contribution is 2.29. The number of halogens is 1. The zero-order chi connectivity index (χ0) is 16.2. The zero-order valence-corrected chi connectivity index (χ0v) is 14.7. The van der Waals surface area contributed by atoms with Gasteiger partial charge < -0.3 is 14.8 Å². The molecule has 1 aromatic carbocycles. The summed E-state index contributed by atoms with van der Waals surface area (Å²) in [7, 11) is 4.22. The van der Waals surface area contributed by atoms with Gasteiger partial charge in [0.1, 0.15) is 5.82 Å². The fourth-order valence-electron chi connectivity index (χ4n) is 3.11. The lowest BCUT2D eigenvalue weighted by molar-refractivity contribution is 0.369. The Morgan fingerprint density at radius 3 is 2.78 bits per heavy atom. The number of imidazole rings is 1. The van der Waals surface area contributed by atoms with Crippen molar-refractivity contribution in [2.45, 2.75) is 25.3 Å². The minimum Gasteiger partial charge on any atom is -0.333 e. The third-order valence-electron chi connectivity index (χ3n) is 4.42. The summed E-state index contributed by atoms with van der Waals surface area (Å²) in [6.07, 6.45) is 4.51. The molecule has 0 bridgehead atoms. The highest BCUT2D eigenvalue weighted by atomic mass is 35.5. The van der Waals surface area contributed by atoms with Crippen molar-refractivity contribution in [1.29, 1.82) is 0 Å². The SMILES string of the molecule is CN(C)CCn1cc(-c2cccc(Cl)c2)nc1C1CCNCC1. The Morgan fingerprint density at radius 1 is 1.30 bits per heavy atom. The molecule has 0 saturated carbocycles. The number of hydrogen-bond acceptors (Lipinski definition) is 3. The summed E-state index contributed by atoms with van der Waals surface area (Å²) in [6.45, 7) is 4.15. The van der Waals surface area contributed by atoms with Crippen LogP contribution in [0, 0.1) is 0 Å². The summed E-state index contributed by atoms with van der Waals surface area (Å²) in [5, 5.41) is 4.20. The van der Waals surface area contributed by atoms with E-state index in [9.17, 15) is 0 Å². The van der Waals surface area contributed by atoms with E-state index in [1.54, 1.807) is 0 Å². The maximum atomic E-state index is 6.14. The Hall–Kier alpha value is -1.36. The molecule has 4 nitrogen and oxygen atoms in total. The molecule has 2 heterocycles. The number of likely N-dealkylation sites (N-methyl/N-ethyl adjacent to an activating group) is 1. The lowest BCUT2D eigenvalue weighted by Gasteiger charge is -2.23. The van der Waals surface area contributed by atoms with Gasteiger partial charge in [-0.05, 0) is 52.2 Å². The van der Waals surface area contributed by atoms with Crippen LogP contribution in [0.4, 0.5) is 0 Å². The van der Waals surface area contributed by atoms with E-state index in [0.717, 1.165) is 55.3 Å². The van der Waals surface area contributed by atoms with Gasteiger partial charge in [0.25, 0.3) is 0 Å². The fourth-order valence-corrected chi connectivity index (χ4v) is 3.30. The van der Waals surface area contributed by atoms with Gasteiger partial charge >= 0.3 is 0 Å². The molecule has 1 aromatic heterocycles. The maximum absolute atomic E-state index is 6.14. The molecule has 1 aliphatic heterocycles. The molecular weight excluding hydrogens is 308 g/mol. The molecule has 0 spiro atoms. The topological polar surface area (TPSA) is 33.1 Å². The second kappa shape index (κ2) is 7.47. The van der Waals surface area contributed by atoms with Gasteiger partial charge in [0.15, 0.2) is 0 Å². The van der Waals surface area contributed by atoms with Gasteiger partial charge in [-0.25, -0.2) is 4.98 Å². The molecule has 0 unspecified atom stereocenters. The van der Waals surface area contributed by atoms with Crippen LogP contribution in [0.5, 0.6) is 0 Å². The molecule has 0 amide bonds. The van der Waals surface area contributed by atoms with E-state index in [1.165, 1.54) is 5.82 Å². The predicted octanol–water partition coefficient (Wildman–Crippen LogP) is 3.23. The van der Waals surface area contributed by atoms with Crippen molar-refractivity contribution in [2.75, 3.05) is 33.7 Å². The summed E-state index contributed by atoms with van der Waals surface area (Å²) in [5.74, 6) is 1.77. The van der Waals surface area contributed by atoms with Crippen molar-refractivity contribution >= 4 is 11.6 Å². The second-order valence-corrected chi connectivity index (χ2v) is 6.95. The van der Waals surface area contributed by atoms with E-state index in [1.807, 2.05) is 18.2 Å². The Balaban J connectivity index is 1.91. The first-order chi connectivity index (χ1) is 11.1. The van der Waals surface area contributed by atoms with Crippen molar-refractivity contribution < 1.29 is 0 Å². The number of hydrogen-bond donors (Lipinski definition) is 1. The smallest absolute Gasteiger partial charge is 0.112 e. The van der Waals surface area contributed by atoms with Crippen LogP contribution >= 0.6 is 11.6 Å². The number of piperidine rings is 1. The molecular formula is C18H25ClN4. The lowest BCUT2D eigenvalue weighted by atomic mass is 9.97. The number of nitrogens with one attached hydrogen (secondary N) is 1. The van der Waals surface area contributed by atoms with Crippen molar-refractivity contribution in [2.24, 2.45) is 0 Å². The van der Waals surface area contributed by atoms with Crippen LogP contribution in [0.2, 0.25) is 5.02 Å². The molecule has 0 radical (unpaired) electrons. The molecule has 124 valence electrons. The van der Waals surface area contributed by atoms with Gasteiger partial charge in [-0.1, -0.05) is 23.7 Å². The van der Waals surface area contributed by atoms with E-state index in [2.05, 4.69) is 41.1 Å². The van der Waals surface area contributed by atoms with Crippen molar-refractivity contribution in [3.8, 4) is 11.3 Å². The molecule has 1 fully saturated rings. The quantitative estimate of drug-likeness (QED) is 0.912. The molecule has 1 aliphatic rings. The van der Waals surface area contributed by atoms with Crippen LogP contribution in [-0.2, 0) is 6.54 Å². The summed E-state index contributed by atoms with van der Waals surface area (Å²) in [6, 6.07) is 7.96. The molecule has 3 rings (SSSR count). The summed E-state index contributed by atoms with van der Waals surface area (Å²) in [4.78, 5) is 7.19. The molecule has 1 N–H and O–H groups in total. The summed E-state index contributed by atoms with van der Waals surface area (Å²) < 4.78 is 2.34.